The molecule has 1 fully saturated rings. The highest BCUT2D eigenvalue weighted by Crippen LogP contribution is 2.32. The Bertz CT molecular complexity index is 958. The summed E-state index contributed by atoms with van der Waals surface area (Å²) in [6, 6.07) is 17.0. The summed E-state index contributed by atoms with van der Waals surface area (Å²) in [6.45, 7) is 3.11. The summed E-state index contributed by atoms with van der Waals surface area (Å²) in [5, 5.41) is 11.8. The Hall–Kier alpha value is -2.99. The number of carbonyl (C=O) groups excluding carboxylic acids is 1. The van der Waals surface area contributed by atoms with Crippen molar-refractivity contribution in [2.24, 2.45) is 0 Å². The number of rotatable bonds is 2. The van der Waals surface area contributed by atoms with Crippen LogP contribution in [-0.4, -0.2) is 38.9 Å². The van der Waals surface area contributed by atoms with Crippen LogP contribution in [0.2, 0.25) is 0 Å². The van der Waals surface area contributed by atoms with E-state index < -0.39 is 0 Å². The van der Waals surface area contributed by atoms with Gasteiger partial charge in [0.25, 0.3) is 5.91 Å². The lowest BCUT2D eigenvalue weighted by atomic mass is 9.97. The number of piperidine rings is 1. The van der Waals surface area contributed by atoms with Crippen LogP contribution < -0.4 is 5.32 Å². The molecule has 2 aliphatic rings. The standard InChI is InChI=1S/C22H23N5O/c28-22(21-15-27(25-24-21)18-9-11-23-12-10-18)26-13-16-5-1-3-7-19(16)20-8-4-2-6-17(20)14-26/h1-8,15,18,23H,9-14H2. The first-order chi connectivity index (χ1) is 13.8. The fourth-order valence-electron chi connectivity index (χ4n) is 4.24. The number of amides is 1. The molecule has 3 heterocycles. The highest BCUT2D eigenvalue weighted by Gasteiger charge is 2.26. The lowest BCUT2D eigenvalue weighted by Crippen LogP contribution is -2.30. The van der Waals surface area contributed by atoms with Crippen molar-refractivity contribution in [3.8, 4) is 11.1 Å². The van der Waals surface area contributed by atoms with Gasteiger partial charge in [-0.25, -0.2) is 4.68 Å². The number of nitrogens with one attached hydrogen (secondary N) is 1. The van der Waals surface area contributed by atoms with Crippen LogP contribution in [0.5, 0.6) is 0 Å². The first-order valence-electron chi connectivity index (χ1n) is 9.87. The summed E-state index contributed by atoms with van der Waals surface area (Å²) in [5.41, 5.74) is 5.15. The number of benzene rings is 2. The molecule has 6 heteroatoms. The third-order valence-corrected chi connectivity index (χ3v) is 5.75. The van der Waals surface area contributed by atoms with Crippen LogP contribution in [0.25, 0.3) is 11.1 Å². The van der Waals surface area contributed by atoms with Crippen molar-refractivity contribution >= 4 is 5.91 Å². The Balaban J connectivity index is 1.45. The minimum absolute atomic E-state index is 0.0632. The van der Waals surface area contributed by atoms with Gasteiger partial charge in [0, 0.05) is 13.1 Å². The van der Waals surface area contributed by atoms with Gasteiger partial charge in [-0.05, 0) is 48.2 Å². The fraction of sp³-hybridized carbons (Fsp3) is 0.318. The smallest absolute Gasteiger partial charge is 0.276 e. The minimum atomic E-state index is -0.0632. The van der Waals surface area contributed by atoms with Crippen molar-refractivity contribution in [1.82, 2.24) is 25.2 Å². The maximum Gasteiger partial charge on any atom is 0.276 e. The predicted octanol–water partition coefficient (Wildman–Crippen LogP) is 3.03. The summed E-state index contributed by atoms with van der Waals surface area (Å²) in [5.74, 6) is -0.0632. The summed E-state index contributed by atoms with van der Waals surface area (Å²) >= 11 is 0. The molecule has 0 radical (unpaired) electrons. The van der Waals surface area contributed by atoms with Crippen LogP contribution in [-0.2, 0) is 13.1 Å². The Morgan fingerprint density at radius 1 is 0.929 bits per heavy atom. The molecule has 142 valence electrons. The third kappa shape index (κ3) is 3.10. The van der Waals surface area contributed by atoms with E-state index in [-0.39, 0.29) is 5.91 Å². The zero-order valence-electron chi connectivity index (χ0n) is 15.7. The second-order valence-electron chi connectivity index (χ2n) is 7.54. The zero-order valence-corrected chi connectivity index (χ0v) is 15.7. The lowest BCUT2D eigenvalue weighted by molar-refractivity contribution is 0.0726. The normalized spacial score (nSPS) is 16.9. The van der Waals surface area contributed by atoms with E-state index in [4.69, 9.17) is 0 Å². The van der Waals surface area contributed by atoms with E-state index in [2.05, 4.69) is 52.0 Å². The highest BCUT2D eigenvalue weighted by atomic mass is 16.2. The largest absolute Gasteiger partial charge is 0.329 e. The number of hydrogen-bond acceptors (Lipinski definition) is 4. The molecule has 1 saturated heterocycles. The van der Waals surface area contributed by atoms with E-state index in [1.807, 2.05) is 27.9 Å². The molecule has 1 N–H and O–H groups in total. The molecule has 0 aliphatic carbocycles. The molecule has 1 amide bonds. The molecule has 0 saturated carbocycles. The van der Waals surface area contributed by atoms with Gasteiger partial charge in [0.15, 0.2) is 5.69 Å². The monoisotopic (exact) mass is 373 g/mol. The second-order valence-corrected chi connectivity index (χ2v) is 7.54. The van der Waals surface area contributed by atoms with E-state index in [1.54, 1.807) is 0 Å². The summed E-state index contributed by atoms with van der Waals surface area (Å²) in [4.78, 5) is 15.1. The van der Waals surface area contributed by atoms with Crippen molar-refractivity contribution in [3.63, 3.8) is 0 Å². The van der Waals surface area contributed by atoms with Crippen LogP contribution in [0.3, 0.4) is 0 Å². The van der Waals surface area contributed by atoms with Gasteiger partial charge < -0.3 is 10.2 Å². The summed E-state index contributed by atoms with van der Waals surface area (Å²) in [6.07, 6.45) is 3.85. The Labute approximate surface area is 164 Å². The van der Waals surface area contributed by atoms with Crippen molar-refractivity contribution < 1.29 is 4.79 Å². The van der Waals surface area contributed by atoms with Gasteiger partial charge in [-0.3, -0.25) is 4.79 Å². The fourth-order valence-corrected chi connectivity index (χ4v) is 4.24. The molecule has 28 heavy (non-hydrogen) atoms. The molecule has 2 aromatic carbocycles. The van der Waals surface area contributed by atoms with Gasteiger partial charge in [-0.2, -0.15) is 0 Å². The number of carbonyl (C=O) groups is 1. The van der Waals surface area contributed by atoms with Crippen LogP contribution in [0.4, 0.5) is 0 Å². The van der Waals surface area contributed by atoms with Crippen LogP contribution >= 0.6 is 0 Å². The van der Waals surface area contributed by atoms with E-state index >= 15 is 0 Å². The molecule has 1 aromatic heterocycles. The molecule has 0 unspecified atom stereocenters. The second kappa shape index (κ2) is 7.20. The van der Waals surface area contributed by atoms with Crippen LogP contribution in [0.1, 0.15) is 40.5 Å². The Kier molecular flexibility index (Phi) is 4.41. The van der Waals surface area contributed by atoms with E-state index in [1.165, 1.54) is 11.1 Å². The molecule has 5 rings (SSSR count). The Morgan fingerprint density at radius 3 is 2.18 bits per heavy atom. The number of aromatic nitrogens is 3. The summed E-state index contributed by atoms with van der Waals surface area (Å²) in [7, 11) is 0. The van der Waals surface area contributed by atoms with Crippen molar-refractivity contribution in [1.29, 1.82) is 0 Å². The first-order valence-corrected chi connectivity index (χ1v) is 9.87. The van der Waals surface area contributed by atoms with Gasteiger partial charge in [-0.1, -0.05) is 53.7 Å². The minimum Gasteiger partial charge on any atom is -0.329 e. The molecular weight excluding hydrogens is 350 g/mol. The average molecular weight is 373 g/mol. The van der Waals surface area contributed by atoms with E-state index in [9.17, 15) is 4.79 Å². The Morgan fingerprint density at radius 2 is 1.54 bits per heavy atom. The van der Waals surface area contributed by atoms with Gasteiger partial charge in [0.05, 0.1) is 12.2 Å². The zero-order chi connectivity index (χ0) is 18.9. The lowest BCUT2D eigenvalue weighted by Gasteiger charge is -2.22. The van der Waals surface area contributed by atoms with Crippen molar-refractivity contribution in [2.45, 2.75) is 32.0 Å². The van der Waals surface area contributed by atoms with E-state index in [0.717, 1.165) is 37.1 Å². The van der Waals surface area contributed by atoms with Gasteiger partial charge in [0.2, 0.25) is 0 Å². The molecule has 0 atom stereocenters. The number of nitrogens with zero attached hydrogens (tertiary/aromatic N) is 4. The molecular formula is C22H23N5O. The maximum atomic E-state index is 13.3. The SMILES string of the molecule is O=C(c1cn(C2CCNCC2)nn1)N1Cc2ccccc2-c2ccccc2C1. The van der Waals surface area contributed by atoms with Gasteiger partial charge in [0.1, 0.15) is 0 Å². The van der Waals surface area contributed by atoms with Crippen molar-refractivity contribution in [2.75, 3.05) is 13.1 Å². The van der Waals surface area contributed by atoms with Gasteiger partial charge in [-0.15, -0.1) is 5.10 Å². The first kappa shape index (κ1) is 17.1. The predicted molar refractivity (Wildman–Crippen MR) is 107 cm³/mol. The molecule has 3 aromatic rings. The average Bonchev–Trinajstić information content (AvgIpc) is 3.18. The quantitative estimate of drug-likeness (QED) is 0.750. The molecule has 2 aliphatic heterocycles. The van der Waals surface area contributed by atoms with Crippen LogP contribution in [0, 0.1) is 0 Å². The number of fused-ring (bicyclic) bond motifs is 3. The molecule has 0 spiro atoms. The molecule has 6 nitrogen and oxygen atoms in total. The third-order valence-electron chi connectivity index (χ3n) is 5.75. The highest BCUT2D eigenvalue weighted by molar-refractivity contribution is 5.92. The van der Waals surface area contributed by atoms with E-state index in [0.29, 0.717) is 24.8 Å². The number of hydrogen-bond donors (Lipinski definition) is 1. The van der Waals surface area contributed by atoms with Gasteiger partial charge >= 0.3 is 0 Å². The topological polar surface area (TPSA) is 63.1 Å². The molecule has 0 bridgehead atoms. The summed E-state index contributed by atoms with van der Waals surface area (Å²) < 4.78 is 1.87. The van der Waals surface area contributed by atoms with Crippen molar-refractivity contribution in [3.05, 3.63) is 71.5 Å². The maximum absolute atomic E-state index is 13.3. The van der Waals surface area contributed by atoms with Crippen LogP contribution in [0.15, 0.2) is 54.7 Å².